The van der Waals surface area contributed by atoms with Crippen LogP contribution in [-0.2, 0) is 6.54 Å². The zero-order chi connectivity index (χ0) is 30.0. The molecule has 0 aromatic carbocycles. The zero-order valence-electron chi connectivity index (χ0n) is 25.6. The Morgan fingerprint density at radius 2 is 1.55 bits per heavy atom. The Labute approximate surface area is 248 Å². The Bertz CT molecular complexity index is 1420. The maximum Gasteiger partial charge on any atom is 0.126 e. The van der Waals surface area contributed by atoms with E-state index in [4.69, 9.17) is 11.5 Å². The van der Waals surface area contributed by atoms with Gasteiger partial charge in [-0.15, -0.1) is 22.7 Å². The van der Waals surface area contributed by atoms with Crippen LogP contribution in [0, 0.1) is 27.7 Å². The second kappa shape index (κ2) is 15.7. The SMILES string of the molecule is C=C(N)c1sc2nc(C)cc(C)c2c1N(C)CCCC.C=NN(C)CCC.Cc1cc(C)c2cc(CN)sc2n1. The van der Waals surface area contributed by atoms with Crippen molar-refractivity contribution in [3.05, 3.63) is 57.0 Å². The number of hydrazone groups is 1. The first-order chi connectivity index (χ1) is 19.0. The monoisotopic (exact) mass is 581 g/mol. The number of pyridine rings is 2. The van der Waals surface area contributed by atoms with Gasteiger partial charge in [0.1, 0.15) is 9.66 Å². The van der Waals surface area contributed by atoms with Crippen LogP contribution in [-0.4, -0.2) is 48.9 Å². The van der Waals surface area contributed by atoms with Crippen molar-refractivity contribution < 1.29 is 0 Å². The molecule has 0 aliphatic carbocycles. The van der Waals surface area contributed by atoms with Gasteiger partial charge in [-0.1, -0.05) is 26.8 Å². The fourth-order valence-corrected chi connectivity index (χ4v) is 6.64. The molecule has 0 unspecified atom stereocenters. The number of fused-ring (bicyclic) bond motifs is 2. The lowest BCUT2D eigenvalue weighted by atomic mass is 10.1. The summed E-state index contributed by atoms with van der Waals surface area (Å²) in [6, 6.07) is 6.38. The van der Waals surface area contributed by atoms with E-state index in [2.05, 4.69) is 86.2 Å². The molecule has 4 aromatic heterocycles. The molecular weight excluding hydrogens is 535 g/mol. The number of aromatic nitrogens is 2. The first kappa shape index (κ1) is 33.2. The van der Waals surface area contributed by atoms with E-state index in [9.17, 15) is 0 Å². The van der Waals surface area contributed by atoms with Crippen LogP contribution in [0.5, 0.6) is 0 Å². The molecule has 0 saturated heterocycles. The zero-order valence-corrected chi connectivity index (χ0v) is 27.2. The van der Waals surface area contributed by atoms with Crippen molar-refractivity contribution >= 4 is 61.2 Å². The summed E-state index contributed by atoms with van der Waals surface area (Å²) in [6.07, 6.45) is 3.49. The van der Waals surface area contributed by atoms with Gasteiger partial charge in [0, 0.05) is 73.2 Å². The number of nitrogens with zero attached hydrogens (tertiary/aromatic N) is 5. The molecule has 7 nitrogen and oxygen atoms in total. The third-order valence-corrected chi connectivity index (χ3v) is 8.56. The van der Waals surface area contributed by atoms with Crippen LogP contribution in [0.15, 0.2) is 29.9 Å². The molecule has 0 radical (unpaired) electrons. The largest absolute Gasteiger partial charge is 0.398 e. The Balaban J connectivity index is 0.000000239. The topological polar surface area (TPSA) is 96.7 Å². The van der Waals surface area contributed by atoms with Gasteiger partial charge < -0.3 is 21.4 Å². The summed E-state index contributed by atoms with van der Waals surface area (Å²) < 4.78 is 0. The van der Waals surface area contributed by atoms with E-state index < -0.39 is 0 Å². The first-order valence-electron chi connectivity index (χ1n) is 13.8. The molecule has 0 aliphatic heterocycles. The summed E-state index contributed by atoms with van der Waals surface area (Å²) in [7, 11) is 4.04. The predicted molar refractivity (Wildman–Crippen MR) is 180 cm³/mol. The highest BCUT2D eigenvalue weighted by Gasteiger charge is 2.19. The Hall–Kier alpha value is -3.01. The number of anilines is 1. The number of thiophene rings is 2. The van der Waals surface area contributed by atoms with Crippen LogP contribution in [0.25, 0.3) is 26.1 Å². The molecule has 0 bridgehead atoms. The molecule has 0 saturated carbocycles. The lowest BCUT2D eigenvalue weighted by Gasteiger charge is -2.21. The van der Waals surface area contributed by atoms with Crippen molar-refractivity contribution in [3.8, 4) is 0 Å². The number of nitrogens with two attached hydrogens (primary N) is 2. The van der Waals surface area contributed by atoms with Gasteiger partial charge in [-0.25, -0.2) is 9.97 Å². The highest BCUT2D eigenvalue weighted by atomic mass is 32.1. The van der Waals surface area contributed by atoms with Gasteiger partial charge in [-0.05, 0) is 69.9 Å². The second-order valence-corrected chi connectivity index (χ2v) is 12.2. The van der Waals surface area contributed by atoms with E-state index in [1.807, 2.05) is 25.9 Å². The molecule has 0 atom stereocenters. The summed E-state index contributed by atoms with van der Waals surface area (Å²) in [5.74, 6) is 0. The lowest BCUT2D eigenvalue weighted by molar-refractivity contribution is 0.358. The summed E-state index contributed by atoms with van der Waals surface area (Å²) in [6.45, 7) is 22.6. The van der Waals surface area contributed by atoms with Crippen molar-refractivity contribution in [2.75, 3.05) is 32.1 Å². The Morgan fingerprint density at radius 3 is 2.08 bits per heavy atom. The minimum Gasteiger partial charge on any atom is -0.398 e. The van der Waals surface area contributed by atoms with Gasteiger partial charge in [0.25, 0.3) is 0 Å². The van der Waals surface area contributed by atoms with Gasteiger partial charge in [-0.3, -0.25) is 0 Å². The normalized spacial score (nSPS) is 10.5. The number of rotatable bonds is 9. The maximum atomic E-state index is 5.99. The number of aryl methyl sites for hydroxylation is 4. The molecule has 0 amide bonds. The summed E-state index contributed by atoms with van der Waals surface area (Å²) >= 11 is 3.33. The molecule has 40 heavy (non-hydrogen) atoms. The van der Waals surface area contributed by atoms with E-state index in [0.29, 0.717) is 12.2 Å². The van der Waals surface area contributed by atoms with Crippen LogP contribution >= 0.6 is 22.7 Å². The number of unbranched alkanes of at least 4 members (excludes halogenated alkanes) is 1. The number of hydrogen-bond acceptors (Lipinski definition) is 9. The molecule has 4 rings (SSSR count). The average Bonchev–Trinajstić information content (AvgIpc) is 3.50. The van der Waals surface area contributed by atoms with Gasteiger partial charge in [0.05, 0.1) is 10.6 Å². The van der Waals surface area contributed by atoms with Crippen LogP contribution in [0.4, 0.5) is 5.69 Å². The fourth-order valence-electron chi connectivity index (χ4n) is 4.39. The summed E-state index contributed by atoms with van der Waals surface area (Å²) in [5.41, 5.74) is 18.1. The van der Waals surface area contributed by atoms with Crippen molar-refractivity contribution in [1.29, 1.82) is 0 Å². The van der Waals surface area contributed by atoms with Gasteiger partial charge in [-0.2, -0.15) is 5.10 Å². The van der Waals surface area contributed by atoms with E-state index in [-0.39, 0.29) is 0 Å². The lowest BCUT2D eigenvalue weighted by Crippen LogP contribution is -2.19. The van der Waals surface area contributed by atoms with E-state index in [0.717, 1.165) is 45.4 Å². The first-order valence-corrected chi connectivity index (χ1v) is 15.4. The van der Waals surface area contributed by atoms with Gasteiger partial charge in [0.2, 0.25) is 0 Å². The van der Waals surface area contributed by atoms with Crippen molar-refractivity contribution in [2.45, 2.75) is 67.3 Å². The Morgan fingerprint density at radius 1 is 0.925 bits per heavy atom. The molecule has 0 fully saturated rings. The van der Waals surface area contributed by atoms with Crippen LogP contribution in [0.2, 0.25) is 0 Å². The maximum absolute atomic E-state index is 5.99. The van der Waals surface area contributed by atoms with Crippen LogP contribution in [0.3, 0.4) is 0 Å². The third kappa shape index (κ3) is 8.74. The quantitative estimate of drug-likeness (QED) is 0.158. The minimum atomic E-state index is 0.611. The van der Waals surface area contributed by atoms with Gasteiger partial charge >= 0.3 is 0 Å². The molecule has 0 aliphatic rings. The van der Waals surface area contributed by atoms with Gasteiger partial charge in [0.15, 0.2) is 0 Å². The molecule has 9 heteroatoms. The molecule has 218 valence electrons. The number of hydrogen-bond donors (Lipinski definition) is 2. The molecule has 4 N–H and O–H groups in total. The standard InChI is InChI=1S/C16H23N3S.C10H12N2S.C5H12N2/c1-6-7-8-19(5)14-13-10(2)9-11(3)18-16(13)20-15(14)12(4)17;1-6-3-7(2)12-10-9(6)4-8(5-11)13-10;1-4-5-7(3)6-2/h9H,4,6-8,17H2,1-3,5H3;3-4H,5,11H2,1-2H3;2,4-5H2,1,3H3. The average molecular weight is 582 g/mol. The highest BCUT2D eigenvalue weighted by Crippen LogP contribution is 2.41. The summed E-state index contributed by atoms with van der Waals surface area (Å²) in [4.78, 5) is 15.8. The van der Waals surface area contributed by atoms with E-state index in [1.54, 1.807) is 22.7 Å². The Kier molecular flexibility index (Phi) is 13.0. The van der Waals surface area contributed by atoms with Crippen molar-refractivity contribution in [2.24, 2.45) is 16.6 Å². The second-order valence-electron chi connectivity index (χ2n) is 10.1. The molecule has 4 aromatic rings. The molecule has 4 heterocycles. The minimum absolute atomic E-state index is 0.611. The van der Waals surface area contributed by atoms with E-state index >= 15 is 0 Å². The van der Waals surface area contributed by atoms with Crippen LogP contribution in [0.1, 0.15) is 65.4 Å². The fraction of sp³-hybridized carbons (Fsp3) is 0.452. The van der Waals surface area contributed by atoms with E-state index in [1.165, 1.54) is 45.3 Å². The smallest absolute Gasteiger partial charge is 0.126 e. The van der Waals surface area contributed by atoms with Crippen molar-refractivity contribution in [1.82, 2.24) is 15.0 Å². The highest BCUT2D eigenvalue weighted by molar-refractivity contribution is 7.20. The third-order valence-electron chi connectivity index (χ3n) is 6.36. The molecule has 0 spiro atoms. The van der Waals surface area contributed by atoms with Crippen LogP contribution < -0.4 is 16.4 Å². The predicted octanol–water partition coefficient (Wildman–Crippen LogP) is 7.39. The molecular formula is C31H47N7S2. The summed E-state index contributed by atoms with van der Waals surface area (Å²) in [5, 5.41) is 7.95. The van der Waals surface area contributed by atoms with Crippen molar-refractivity contribution in [3.63, 3.8) is 0 Å².